The predicted molar refractivity (Wildman–Crippen MR) is 84.3 cm³/mol. The molecule has 6 nitrogen and oxygen atoms in total. The molecule has 21 heavy (non-hydrogen) atoms. The van der Waals surface area contributed by atoms with Gasteiger partial charge >= 0.3 is 16.5 Å². The fourth-order valence-electron chi connectivity index (χ4n) is 0. The summed E-state index contributed by atoms with van der Waals surface area (Å²) in [6, 6.07) is 0. The minimum atomic E-state index is -0.856. The van der Waals surface area contributed by atoms with Gasteiger partial charge in [-0.2, -0.15) is 9.90 Å². The molecular formula is C13H24NiO6P. The molecule has 8 heteroatoms. The smallest absolute Gasteiger partial charge is 0.483 e. The molecule has 0 bridgehead atoms. The van der Waals surface area contributed by atoms with Crippen molar-refractivity contribution >= 4 is 27.8 Å². The van der Waals surface area contributed by atoms with Gasteiger partial charge in [0.05, 0.1) is 0 Å². The van der Waals surface area contributed by atoms with E-state index in [1.165, 1.54) is 0 Å². The van der Waals surface area contributed by atoms with E-state index < -0.39 is 17.9 Å². The monoisotopic (exact) mass is 365 g/mol. The molecule has 0 aliphatic carbocycles. The van der Waals surface area contributed by atoms with Gasteiger partial charge in [0.1, 0.15) is 0 Å². The number of allylic oxidation sites excluding steroid dienone is 2. The first kappa shape index (κ1) is 36.8. The van der Waals surface area contributed by atoms with Gasteiger partial charge in [0, 0.05) is 0 Å². The number of carbonyl (C=O) groups is 3. The van der Waals surface area contributed by atoms with Gasteiger partial charge in [-0.25, -0.2) is 0 Å². The van der Waals surface area contributed by atoms with Crippen molar-refractivity contribution in [3.05, 3.63) is 46.1 Å². The van der Waals surface area contributed by atoms with Crippen LogP contribution in [0.15, 0.2) is 25.3 Å². The minimum absolute atomic E-state index is 0. The first-order valence-electron chi connectivity index (χ1n) is 4.99. The van der Waals surface area contributed by atoms with Crippen molar-refractivity contribution in [2.45, 2.75) is 19.3 Å². The van der Waals surface area contributed by atoms with Gasteiger partial charge in [0.2, 0.25) is 0 Å². The van der Waals surface area contributed by atoms with E-state index in [4.69, 9.17) is 15.3 Å². The van der Waals surface area contributed by atoms with Gasteiger partial charge < -0.3 is 36.1 Å². The molecule has 0 heterocycles. The van der Waals surface area contributed by atoms with Crippen LogP contribution in [0, 0.1) is 20.8 Å². The molecule has 127 valence electrons. The van der Waals surface area contributed by atoms with Gasteiger partial charge in [0.25, 0.3) is 17.9 Å². The van der Waals surface area contributed by atoms with Crippen molar-refractivity contribution in [3.63, 3.8) is 0 Å². The molecule has 0 spiro atoms. The quantitative estimate of drug-likeness (QED) is 0.305. The van der Waals surface area contributed by atoms with Crippen LogP contribution in [-0.2, 0) is 30.9 Å². The van der Waals surface area contributed by atoms with Crippen LogP contribution in [0.1, 0.15) is 19.3 Å². The third-order valence-corrected chi connectivity index (χ3v) is 0.808. The van der Waals surface area contributed by atoms with Crippen LogP contribution >= 0.6 is 9.90 Å². The first-order valence-corrected chi connectivity index (χ1v) is 4.99. The number of rotatable bonds is 4. The van der Waals surface area contributed by atoms with Gasteiger partial charge in [0.15, 0.2) is 0 Å². The van der Waals surface area contributed by atoms with E-state index in [9.17, 15) is 14.4 Å². The molecule has 0 fully saturated rings. The molecule has 0 aromatic carbocycles. The van der Waals surface area contributed by atoms with Gasteiger partial charge in [-0.15, -0.1) is 0 Å². The summed E-state index contributed by atoms with van der Waals surface area (Å²) in [6.45, 7) is 16.0. The molecule has 0 saturated carbocycles. The Hall–Kier alpha value is -1.19. The maximum Gasteiger partial charge on any atom is 3.00 e. The molecule has 3 N–H and O–H groups in total. The van der Waals surface area contributed by atoms with Gasteiger partial charge in [-0.3, -0.25) is 14.4 Å². The molecule has 0 aliphatic rings. The fraction of sp³-hybridized carbons (Fsp3) is 0.231. The molecular weight excluding hydrogens is 342 g/mol. The average Bonchev–Trinajstić information content (AvgIpc) is 2.40. The van der Waals surface area contributed by atoms with E-state index in [1.54, 1.807) is 12.2 Å². The van der Waals surface area contributed by atoms with Crippen molar-refractivity contribution in [1.82, 2.24) is 0 Å². The zero-order valence-corrected chi connectivity index (χ0v) is 14.3. The van der Waals surface area contributed by atoms with Crippen LogP contribution in [0.4, 0.5) is 0 Å². The van der Waals surface area contributed by atoms with Crippen molar-refractivity contribution in [2.24, 2.45) is 0 Å². The van der Waals surface area contributed by atoms with E-state index in [-0.39, 0.29) is 45.7 Å². The standard InChI is InChI=1S/C4H6.3C3H5O2.Ni.H3P/c1-3-4-2;3*1-2-3(4)5;;/h3-4H,1-2H2;3*1-2H2,(H,4,5);;1H3/q;3*-1;+3;. The Morgan fingerprint density at radius 3 is 0.857 bits per heavy atom. The summed E-state index contributed by atoms with van der Waals surface area (Å²) < 4.78 is 0. The van der Waals surface area contributed by atoms with Crippen LogP contribution in [0.2, 0.25) is 0 Å². The maximum atomic E-state index is 9.31. The third-order valence-electron chi connectivity index (χ3n) is 0.808. The van der Waals surface area contributed by atoms with E-state index >= 15 is 0 Å². The van der Waals surface area contributed by atoms with Gasteiger partial charge in [-0.05, 0) is 0 Å². The number of carboxylic acid groups (broad SMARTS) is 3. The topological polar surface area (TPSA) is 112 Å². The molecule has 0 aliphatic heterocycles. The number of aliphatic carboxylic acids is 3. The molecule has 0 rings (SSSR count). The molecule has 0 amide bonds. The molecule has 0 saturated heterocycles. The average molecular weight is 366 g/mol. The Kier molecular flexibility index (Phi) is 63.6. The Balaban J connectivity index is -0.0000000347. The van der Waals surface area contributed by atoms with Crippen molar-refractivity contribution in [3.8, 4) is 0 Å². The van der Waals surface area contributed by atoms with Crippen molar-refractivity contribution in [1.29, 1.82) is 0 Å². The zero-order chi connectivity index (χ0) is 16.3. The Morgan fingerprint density at radius 2 is 0.857 bits per heavy atom. The molecule has 0 aromatic rings. The van der Waals surface area contributed by atoms with Crippen molar-refractivity contribution in [2.75, 3.05) is 0 Å². The zero-order valence-electron chi connectivity index (χ0n) is 11.9. The molecule has 1 unspecified atom stereocenters. The minimum Gasteiger partial charge on any atom is -0.483 e. The second-order valence-corrected chi connectivity index (χ2v) is 2.40. The summed E-state index contributed by atoms with van der Waals surface area (Å²) in [5, 5.41) is 23.0. The number of hydrogen-bond donors (Lipinski definition) is 3. The van der Waals surface area contributed by atoms with Gasteiger partial charge in [-0.1, -0.05) is 44.6 Å². The number of hydrogen-bond acceptors (Lipinski definition) is 3. The maximum absolute atomic E-state index is 9.31. The van der Waals surface area contributed by atoms with Crippen LogP contribution in [0.5, 0.6) is 0 Å². The summed E-state index contributed by atoms with van der Waals surface area (Å²) in [5.41, 5.74) is 0. The third kappa shape index (κ3) is 157. The fourth-order valence-corrected chi connectivity index (χ4v) is 0. The Labute approximate surface area is 139 Å². The SMILES string of the molecule is C=CC=C.P.[CH2-]CC(=O)O.[CH2-]CC(=O)O.[CH2-]CC(=O)O.[Ni+3]. The molecule has 1 atom stereocenters. The van der Waals surface area contributed by atoms with Crippen LogP contribution in [-0.4, -0.2) is 33.2 Å². The summed E-state index contributed by atoms with van der Waals surface area (Å²) in [7, 11) is 0. The second kappa shape index (κ2) is 36.4. The Morgan fingerprint density at radius 1 is 0.762 bits per heavy atom. The second-order valence-electron chi connectivity index (χ2n) is 2.40. The predicted octanol–water partition coefficient (Wildman–Crippen LogP) is 2.30. The van der Waals surface area contributed by atoms with Crippen molar-refractivity contribution < 1.29 is 46.2 Å². The van der Waals surface area contributed by atoms with Crippen LogP contribution in [0.3, 0.4) is 0 Å². The van der Waals surface area contributed by atoms with E-state index in [0.717, 1.165) is 0 Å². The van der Waals surface area contributed by atoms with Crippen LogP contribution < -0.4 is 0 Å². The van der Waals surface area contributed by atoms with E-state index in [1.807, 2.05) is 0 Å². The number of carboxylic acids is 3. The molecule has 0 aromatic heterocycles. The first-order chi connectivity index (χ1) is 8.72. The summed E-state index contributed by atoms with van der Waals surface area (Å²) in [6.07, 6.45) is 3.19. The largest absolute Gasteiger partial charge is 3.00 e. The van der Waals surface area contributed by atoms with E-state index in [2.05, 4.69) is 33.9 Å². The molecule has 1 radical (unpaired) electrons. The van der Waals surface area contributed by atoms with Crippen LogP contribution in [0.25, 0.3) is 0 Å². The summed E-state index contributed by atoms with van der Waals surface area (Å²) >= 11 is 0. The summed E-state index contributed by atoms with van der Waals surface area (Å²) in [4.78, 5) is 27.9. The normalized spacial score (nSPS) is 6.24. The Bertz CT molecular complexity index is 230. The summed E-state index contributed by atoms with van der Waals surface area (Å²) in [5.74, 6) is -2.57. The van der Waals surface area contributed by atoms with E-state index in [0.29, 0.717) is 0 Å².